The van der Waals surface area contributed by atoms with Gasteiger partial charge in [0.25, 0.3) is 17.3 Å². The highest BCUT2D eigenvalue weighted by molar-refractivity contribution is 5.75. The molecule has 1 N–H and O–H groups in total. The quantitative estimate of drug-likeness (QED) is 0.0388. The Hall–Kier alpha value is -2.26. The van der Waals surface area contributed by atoms with Crippen LogP contribution in [0.1, 0.15) is 272 Å². The summed E-state index contributed by atoms with van der Waals surface area (Å²) in [5.74, 6) is 0. The fourth-order valence-electron chi connectivity index (χ4n) is 8.61. The number of nitrogens with zero attached hydrogens (tertiary/aromatic N) is 2. The fourth-order valence-corrected chi connectivity index (χ4v) is 8.61. The van der Waals surface area contributed by atoms with Crippen molar-refractivity contribution in [2.75, 3.05) is 57.6 Å². The summed E-state index contributed by atoms with van der Waals surface area (Å²) in [5.41, 5.74) is 0.487. The van der Waals surface area contributed by atoms with Gasteiger partial charge in [0, 0.05) is 33.2 Å². The van der Waals surface area contributed by atoms with Gasteiger partial charge in [0.05, 0.1) is 6.10 Å². The van der Waals surface area contributed by atoms with E-state index in [1.807, 2.05) is 7.11 Å². The summed E-state index contributed by atoms with van der Waals surface area (Å²) >= 11 is 0. The van der Waals surface area contributed by atoms with E-state index in [9.17, 15) is 19.2 Å². The summed E-state index contributed by atoms with van der Waals surface area (Å²) in [6, 6.07) is 0. The van der Waals surface area contributed by atoms with Crippen molar-refractivity contribution in [3.8, 4) is 0 Å². The van der Waals surface area contributed by atoms with Crippen molar-refractivity contribution in [3.05, 3.63) is 20.4 Å². The number of methoxy groups -OCH3 is 1. The number of rotatable bonds is 48. The average molecular weight is 935 g/mol. The SMILES string of the molecule is CCCCCCCCC(CCC)OC=O.CCCCCCCCC(CCCCCCCC)OC.CCCCCCCCN(CCCCCCCC=O)c1c(NCCCCN(C)C)c(=O)c1=O. The molecule has 0 saturated carbocycles. The monoisotopic (exact) mass is 934 g/mol. The first-order chi connectivity index (χ1) is 32.2. The molecule has 390 valence electrons. The minimum absolute atomic E-state index is 0.165. The molecule has 0 aromatic heterocycles. The number of carbonyl (C=O) groups excluding carboxylic acids is 2. The number of aldehydes is 1. The number of anilines is 2. The van der Waals surface area contributed by atoms with Crippen LogP contribution in [0.5, 0.6) is 0 Å². The molecular formula is C57H111N3O6. The standard InChI is InChI=1S/C26H47N3O3.C18H38O.C13H26O2/c1-4-5-6-7-10-14-20-29(21-15-11-8-9-12-17-22-30)24-23(25(31)26(24)32)27-18-13-16-19-28(2)3;1-4-6-8-10-12-14-16-18(19-3)17-15-13-11-9-7-5-2;1-3-5-6-7-8-9-11-13(10-4-2)15-12-14/h22,27H,4-21H2,1-3H3;18H,4-17H2,1-3H3;12-13H,3-11H2,1-2H3. The first-order valence-corrected chi connectivity index (χ1v) is 28.2. The normalized spacial score (nSPS) is 11.6. The molecule has 1 aromatic carbocycles. The van der Waals surface area contributed by atoms with Gasteiger partial charge in [-0.25, -0.2) is 0 Å². The van der Waals surface area contributed by atoms with Crippen LogP contribution in [-0.4, -0.2) is 77.3 Å². The van der Waals surface area contributed by atoms with Crippen LogP contribution < -0.4 is 21.1 Å². The second kappa shape index (κ2) is 52.1. The van der Waals surface area contributed by atoms with E-state index >= 15 is 0 Å². The Kier molecular flexibility index (Phi) is 52.0. The number of unbranched alkanes of at least 4 members (excludes halogenated alkanes) is 26. The van der Waals surface area contributed by atoms with Gasteiger partial charge in [-0.3, -0.25) is 14.4 Å². The van der Waals surface area contributed by atoms with E-state index in [1.165, 1.54) is 161 Å². The third-order valence-electron chi connectivity index (χ3n) is 12.9. The Bertz CT molecular complexity index is 1200. The summed E-state index contributed by atoms with van der Waals surface area (Å²) < 4.78 is 10.6. The van der Waals surface area contributed by atoms with E-state index in [0.29, 0.717) is 30.4 Å². The van der Waals surface area contributed by atoms with Crippen molar-refractivity contribution in [2.24, 2.45) is 0 Å². The smallest absolute Gasteiger partial charge is 0.293 e. The van der Waals surface area contributed by atoms with Crippen molar-refractivity contribution in [3.63, 3.8) is 0 Å². The maximum atomic E-state index is 12.4. The second-order valence-electron chi connectivity index (χ2n) is 19.5. The molecule has 1 unspecified atom stereocenters. The molecule has 0 heterocycles. The molecule has 1 atom stereocenters. The maximum absolute atomic E-state index is 12.4. The molecule has 0 bridgehead atoms. The van der Waals surface area contributed by atoms with Gasteiger partial charge in [0.2, 0.25) is 0 Å². The van der Waals surface area contributed by atoms with Gasteiger partial charge in [-0.2, -0.15) is 0 Å². The number of nitrogens with one attached hydrogen (secondary N) is 1. The van der Waals surface area contributed by atoms with E-state index in [4.69, 9.17) is 9.47 Å². The number of carbonyl (C=O) groups is 2. The van der Waals surface area contributed by atoms with Crippen molar-refractivity contribution in [1.82, 2.24) is 4.90 Å². The lowest BCUT2D eigenvalue weighted by molar-refractivity contribution is -0.134. The molecule has 66 heavy (non-hydrogen) atoms. The molecule has 9 nitrogen and oxygen atoms in total. The molecule has 9 heteroatoms. The van der Waals surface area contributed by atoms with Crippen LogP contribution >= 0.6 is 0 Å². The second-order valence-corrected chi connectivity index (χ2v) is 19.5. The van der Waals surface area contributed by atoms with Gasteiger partial charge in [-0.05, 0) is 84.8 Å². The lowest BCUT2D eigenvalue weighted by Gasteiger charge is -2.28. The van der Waals surface area contributed by atoms with E-state index in [-0.39, 0.29) is 17.0 Å². The van der Waals surface area contributed by atoms with E-state index < -0.39 is 0 Å². The average Bonchev–Trinajstić information content (AvgIpc) is 3.31. The summed E-state index contributed by atoms with van der Waals surface area (Å²) in [6.45, 7) is 15.2. The minimum atomic E-state index is -0.352. The van der Waals surface area contributed by atoms with Crippen LogP contribution in [-0.2, 0) is 19.1 Å². The molecule has 0 fully saturated rings. The lowest BCUT2D eigenvalue weighted by Crippen LogP contribution is -2.43. The zero-order chi connectivity index (χ0) is 49.1. The van der Waals surface area contributed by atoms with Crippen LogP contribution in [0, 0.1) is 0 Å². The van der Waals surface area contributed by atoms with Gasteiger partial charge < -0.3 is 29.4 Å². The van der Waals surface area contributed by atoms with Gasteiger partial charge in [0.15, 0.2) is 0 Å². The predicted molar refractivity (Wildman–Crippen MR) is 288 cm³/mol. The molecule has 0 radical (unpaired) electrons. The zero-order valence-electron chi connectivity index (χ0n) is 45.1. The molecule has 0 aliphatic rings. The van der Waals surface area contributed by atoms with Crippen LogP contribution in [0.3, 0.4) is 0 Å². The highest BCUT2D eigenvalue weighted by Crippen LogP contribution is 2.23. The molecule has 1 rings (SSSR count). The number of hydrogen-bond donors (Lipinski definition) is 1. The summed E-state index contributed by atoms with van der Waals surface area (Å²) in [4.78, 5) is 49.7. The van der Waals surface area contributed by atoms with E-state index in [0.717, 1.165) is 103 Å². The molecule has 0 aliphatic heterocycles. The van der Waals surface area contributed by atoms with Crippen molar-refractivity contribution in [1.29, 1.82) is 0 Å². The molecule has 0 saturated heterocycles. The largest absolute Gasteiger partial charge is 0.465 e. The Morgan fingerprint density at radius 2 is 0.879 bits per heavy atom. The van der Waals surface area contributed by atoms with Crippen molar-refractivity contribution < 1.29 is 19.1 Å². The Morgan fingerprint density at radius 3 is 1.29 bits per heavy atom. The Morgan fingerprint density at radius 1 is 0.470 bits per heavy atom. The van der Waals surface area contributed by atoms with Gasteiger partial charge in [0.1, 0.15) is 23.8 Å². The Labute approximate surface area is 409 Å². The highest BCUT2D eigenvalue weighted by Gasteiger charge is 2.25. The van der Waals surface area contributed by atoms with Crippen LogP contribution in [0.4, 0.5) is 11.4 Å². The van der Waals surface area contributed by atoms with Crippen molar-refractivity contribution >= 4 is 24.1 Å². The third-order valence-corrected chi connectivity index (χ3v) is 12.9. The number of ether oxygens (including phenoxy) is 2. The fraction of sp³-hybridized carbons (Fsp3) is 0.895. The minimum Gasteiger partial charge on any atom is -0.465 e. The van der Waals surface area contributed by atoms with Gasteiger partial charge in [-0.15, -0.1) is 0 Å². The van der Waals surface area contributed by atoms with Crippen LogP contribution in [0.2, 0.25) is 0 Å². The molecule has 0 aliphatic carbocycles. The molecule has 0 spiro atoms. The first kappa shape index (κ1) is 65.8. The van der Waals surface area contributed by atoms with Crippen LogP contribution in [0.25, 0.3) is 0 Å². The molecule has 0 amide bonds. The maximum Gasteiger partial charge on any atom is 0.293 e. The first-order valence-electron chi connectivity index (χ1n) is 28.2. The topological polar surface area (TPSA) is 105 Å². The summed E-state index contributed by atoms with van der Waals surface area (Å²) in [7, 11) is 6.01. The summed E-state index contributed by atoms with van der Waals surface area (Å²) in [6.07, 6.45) is 47.1. The number of hydrogen-bond acceptors (Lipinski definition) is 9. The molecular weight excluding hydrogens is 823 g/mol. The van der Waals surface area contributed by atoms with E-state index in [2.05, 4.69) is 63.8 Å². The Balaban J connectivity index is 0. The van der Waals surface area contributed by atoms with E-state index in [1.54, 1.807) is 0 Å². The predicted octanol–water partition coefficient (Wildman–Crippen LogP) is 15.3. The van der Waals surface area contributed by atoms with Gasteiger partial charge in [-0.1, -0.05) is 202 Å². The van der Waals surface area contributed by atoms with Crippen molar-refractivity contribution in [2.45, 2.75) is 284 Å². The third kappa shape index (κ3) is 40.8. The zero-order valence-corrected chi connectivity index (χ0v) is 45.1. The highest BCUT2D eigenvalue weighted by atomic mass is 16.5. The molecule has 1 aromatic rings. The van der Waals surface area contributed by atoms with Crippen LogP contribution in [0.15, 0.2) is 9.59 Å². The lowest BCUT2D eigenvalue weighted by atomic mass is 10.0. The summed E-state index contributed by atoms with van der Waals surface area (Å²) in [5, 5.41) is 3.26. The van der Waals surface area contributed by atoms with Gasteiger partial charge >= 0.3 is 0 Å².